The van der Waals surface area contributed by atoms with Crippen LogP contribution in [0.5, 0.6) is 5.75 Å². The van der Waals surface area contributed by atoms with Gasteiger partial charge in [-0.15, -0.1) is 0 Å². The van der Waals surface area contributed by atoms with Crippen molar-refractivity contribution in [3.8, 4) is 28.7 Å². The minimum atomic E-state index is -0.0206. The van der Waals surface area contributed by atoms with Gasteiger partial charge in [0, 0.05) is 0 Å². The summed E-state index contributed by atoms with van der Waals surface area (Å²) in [5, 5.41) is 8.80. The molecule has 4 aromatic rings. The lowest BCUT2D eigenvalue weighted by molar-refractivity contribution is -0.00113. The maximum absolute atomic E-state index is 6.01. The third-order valence-electron chi connectivity index (χ3n) is 4.88. The van der Waals surface area contributed by atoms with Crippen LogP contribution in [0, 0.1) is 0 Å². The van der Waals surface area contributed by atoms with Crippen molar-refractivity contribution >= 4 is 0 Å². The first-order chi connectivity index (χ1) is 14.3. The zero-order valence-electron chi connectivity index (χ0n) is 16.0. The molecule has 0 saturated carbocycles. The van der Waals surface area contributed by atoms with Gasteiger partial charge in [-0.25, -0.2) is 0 Å². The average molecular weight is 388 g/mol. The standard InChI is InChI=1S/C22H20N4O3/c1-2-27-19-11-7-6-10-17(19)21-23-22(29-25-21)18-12-16-14-28-20(13-26(16)24-18)15-8-4-3-5-9-15/h3-12,20H,2,13-14H2,1H3/t20-/m1/s1. The van der Waals surface area contributed by atoms with Crippen molar-refractivity contribution in [2.24, 2.45) is 0 Å². The Morgan fingerprint density at radius 1 is 1.10 bits per heavy atom. The van der Waals surface area contributed by atoms with E-state index in [9.17, 15) is 0 Å². The summed E-state index contributed by atoms with van der Waals surface area (Å²) in [6, 6.07) is 19.8. The predicted octanol–water partition coefficient (Wildman–Crippen LogP) is 4.27. The fourth-order valence-electron chi connectivity index (χ4n) is 3.47. The molecule has 7 nitrogen and oxygen atoms in total. The zero-order valence-corrected chi connectivity index (χ0v) is 16.0. The summed E-state index contributed by atoms with van der Waals surface area (Å²) in [6.45, 7) is 3.64. The second kappa shape index (κ2) is 7.52. The minimum Gasteiger partial charge on any atom is -0.493 e. The number of rotatable bonds is 5. The highest BCUT2D eigenvalue weighted by atomic mass is 16.5. The molecule has 1 aliphatic rings. The molecule has 5 rings (SSSR count). The summed E-state index contributed by atoms with van der Waals surface area (Å²) >= 11 is 0. The van der Waals surface area contributed by atoms with E-state index < -0.39 is 0 Å². The van der Waals surface area contributed by atoms with Gasteiger partial charge in [-0.2, -0.15) is 10.1 Å². The average Bonchev–Trinajstić information content (AvgIpc) is 3.41. The predicted molar refractivity (Wildman–Crippen MR) is 106 cm³/mol. The molecular weight excluding hydrogens is 368 g/mol. The van der Waals surface area contributed by atoms with Gasteiger partial charge in [0.1, 0.15) is 11.9 Å². The molecule has 0 N–H and O–H groups in total. The van der Waals surface area contributed by atoms with Crippen LogP contribution < -0.4 is 4.74 Å². The number of benzene rings is 2. The minimum absolute atomic E-state index is 0.0206. The van der Waals surface area contributed by atoms with E-state index in [2.05, 4.69) is 27.4 Å². The van der Waals surface area contributed by atoms with Gasteiger partial charge >= 0.3 is 0 Å². The second-order valence-electron chi connectivity index (χ2n) is 6.77. The fourth-order valence-corrected chi connectivity index (χ4v) is 3.47. The van der Waals surface area contributed by atoms with Crippen LogP contribution in [0.15, 0.2) is 65.2 Å². The van der Waals surface area contributed by atoms with Crippen LogP contribution in [0.2, 0.25) is 0 Å². The number of para-hydroxylation sites is 1. The normalized spacial score (nSPS) is 15.8. The molecule has 1 atom stereocenters. The van der Waals surface area contributed by atoms with Crippen LogP contribution in [-0.4, -0.2) is 26.5 Å². The molecule has 0 unspecified atom stereocenters. The lowest BCUT2D eigenvalue weighted by Gasteiger charge is -2.24. The van der Waals surface area contributed by atoms with Gasteiger partial charge in [0.05, 0.1) is 31.0 Å². The van der Waals surface area contributed by atoms with Gasteiger partial charge < -0.3 is 14.0 Å². The van der Waals surface area contributed by atoms with Crippen molar-refractivity contribution in [2.45, 2.75) is 26.2 Å². The van der Waals surface area contributed by atoms with Crippen molar-refractivity contribution < 1.29 is 14.0 Å². The molecule has 1 aliphatic heterocycles. The Kier molecular flexibility index (Phi) is 4.57. The van der Waals surface area contributed by atoms with Crippen molar-refractivity contribution in [3.63, 3.8) is 0 Å². The highest BCUT2D eigenvalue weighted by molar-refractivity contribution is 5.65. The second-order valence-corrected chi connectivity index (χ2v) is 6.77. The topological polar surface area (TPSA) is 75.2 Å². The summed E-state index contributed by atoms with van der Waals surface area (Å²) < 4.78 is 19.1. The van der Waals surface area contributed by atoms with Crippen molar-refractivity contribution in [3.05, 3.63) is 71.9 Å². The first-order valence-electron chi connectivity index (χ1n) is 9.61. The van der Waals surface area contributed by atoms with Gasteiger partial charge in [0.25, 0.3) is 5.89 Å². The summed E-state index contributed by atoms with van der Waals surface area (Å²) in [5.74, 6) is 1.59. The molecule has 2 aromatic carbocycles. The first-order valence-corrected chi connectivity index (χ1v) is 9.61. The fraction of sp³-hybridized carbons (Fsp3) is 0.227. The number of fused-ring (bicyclic) bond motifs is 1. The highest BCUT2D eigenvalue weighted by Gasteiger charge is 2.24. The Labute approximate surface area is 167 Å². The van der Waals surface area contributed by atoms with E-state index in [1.807, 2.05) is 60.1 Å². The number of hydrogen-bond donors (Lipinski definition) is 0. The van der Waals surface area contributed by atoms with Gasteiger partial charge in [0.15, 0.2) is 5.69 Å². The van der Waals surface area contributed by atoms with Crippen LogP contribution in [-0.2, 0) is 17.9 Å². The largest absolute Gasteiger partial charge is 0.493 e. The molecule has 0 saturated heterocycles. The molecular formula is C22H20N4O3. The number of ether oxygens (including phenoxy) is 2. The smallest absolute Gasteiger partial charge is 0.278 e. The van der Waals surface area contributed by atoms with E-state index >= 15 is 0 Å². The number of hydrogen-bond acceptors (Lipinski definition) is 6. The molecule has 146 valence electrons. The molecule has 3 heterocycles. The van der Waals surface area contributed by atoms with Gasteiger partial charge in [-0.3, -0.25) is 4.68 Å². The van der Waals surface area contributed by atoms with Crippen LogP contribution in [0.25, 0.3) is 23.0 Å². The van der Waals surface area contributed by atoms with E-state index in [0.29, 0.717) is 37.2 Å². The lowest BCUT2D eigenvalue weighted by Crippen LogP contribution is -2.21. The highest BCUT2D eigenvalue weighted by Crippen LogP contribution is 2.31. The third kappa shape index (κ3) is 3.40. The number of aromatic nitrogens is 4. The molecule has 2 aromatic heterocycles. The third-order valence-corrected chi connectivity index (χ3v) is 4.88. The maximum Gasteiger partial charge on any atom is 0.278 e. The van der Waals surface area contributed by atoms with Gasteiger partial charge in [0.2, 0.25) is 5.82 Å². The molecule has 0 radical (unpaired) electrons. The van der Waals surface area contributed by atoms with Gasteiger partial charge in [-0.05, 0) is 30.7 Å². The monoisotopic (exact) mass is 388 g/mol. The molecule has 0 fully saturated rings. The van der Waals surface area contributed by atoms with E-state index in [-0.39, 0.29) is 6.10 Å². The molecule has 0 aliphatic carbocycles. The van der Waals surface area contributed by atoms with E-state index in [1.54, 1.807) is 0 Å². The Balaban J connectivity index is 1.41. The first kappa shape index (κ1) is 17.6. The lowest BCUT2D eigenvalue weighted by atomic mass is 10.1. The molecule has 0 bridgehead atoms. The molecule has 0 amide bonds. The summed E-state index contributed by atoms with van der Waals surface area (Å²) in [4.78, 5) is 4.54. The van der Waals surface area contributed by atoms with Crippen molar-refractivity contribution in [1.29, 1.82) is 0 Å². The Hall–Kier alpha value is -3.45. The zero-order chi connectivity index (χ0) is 19.6. The van der Waals surface area contributed by atoms with E-state index in [0.717, 1.165) is 22.6 Å². The van der Waals surface area contributed by atoms with Crippen molar-refractivity contribution in [1.82, 2.24) is 19.9 Å². The summed E-state index contributed by atoms with van der Waals surface area (Å²) in [7, 11) is 0. The Bertz CT molecular complexity index is 1120. The van der Waals surface area contributed by atoms with Crippen molar-refractivity contribution in [2.75, 3.05) is 6.61 Å². The van der Waals surface area contributed by atoms with E-state index in [1.165, 1.54) is 0 Å². The molecule has 7 heteroatoms. The Morgan fingerprint density at radius 3 is 2.79 bits per heavy atom. The quantitative estimate of drug-likeness (QED) is 0.508. The van der Waals surface area contributed by atoms with Gasteiger partial charge in [-0.1, -0.05) is 47.6 Å². The summed E-state index contributed by atoms with van der Waals surface area (Å²) in [6.07, 6.45) is -0.0206. The van der Waals surface area contributed by atoms with Crippen LogP contribution in [0.1, 0.15) is 24.3 Å². The van der Waals surface area contributed by atoms with Crippen LogP contribution in [0.3, 0.4) is 0 Å². The Morgan fingerprint density at radius 2 is 1.93 bits per heavy atom. The molecule has 29 heavy (non-hydrogen) atoms. The summed E-state index contributed by atoms with van der Waals surface area (Å²) in [5.41, 5.74) is 3.57. The molecule has 0 spiro atoms. The maximum atomic E-state index is 6.01. The SMILES string of the molecule is CCOc1ccccc1-c1noc(-c2cc3n(n2)C[C@H](c2ccccc2)OC3)n1. The number of nitrogens with zero attached hydrogens (tertiary/aromatic N) is 4. The van der Waals surface area contributed by atoms with Crippen LogP contribution in [0.4, 0.5) is 0 Å². The van der Waals surface area contributed by atoms with Crippen LogP contribution >= 0.6 is 0 Å². The van der Waals surface area contributed by atoms with E-state index in [4.69, 9.17) is 14.0 Å².